The van der Waals surface area contributed by atoms with E-state index < -0.39 is 5.97 Å². The molecule has 2 aromatic rings. The summed E-state index contributed by atoms with van der Waals surface area (Å²) in [5.74, 6) is -1.38. The van der Waals surface area contributed by atoms with Gasteiger partial charge in [-0.15, -0.1) is 0 Å². The normalized spacial score (nSPS) is 10.2. The molecule has 0 aliphatic rings. The number of benzene rings is 2. The molecule has 0 bridgehead atoms. The van der Waals surface area contributed by atoms with E-state index in [0.29, 0.717) is 17.3 Å². The molecular weight excluding hydrogens is 278 g/mol. The Bertz CT molecular complexity index is 611. The maximum absolute atomic E-state index is 10.9. The molecule has 0 saturated heterocycles. The van der Waals surface area contributed by atoms with Gasteiger partial charge >= 0.3 is 5.97 Å². The summed E-state index contributed by atoms with van der Waals surface area (Å²) >= 11 is 5.81. The van der Waals surface area contributed by atoms with Crippen LogP contribution in [0.1, 0.15) is 15.9 Å². The number of hydrogen-bond donors (Lipinski definition) is 3. The van der Waals surface area contributed by atoms with E-state index in [1.165, 1.54) is 12.1 Å². The van der Waals surface area contributed by atoms with Crippen LogP contribution in [0.25, 0.3) is 0 Å². The molecule has 5 heteroatoms. The molecule has 2 rings (SSSR count). The maximum Gasteiger partial charge on any atom is 0.339 e. The van der Waals surface area contributed by atoms with Gasteiger partial charge in [0.25, 0.3) is 0 Å². The predicted octanol–water partition coefficient (Wildman–Crippen LogP) is 3.40. The summed E-state index contributed by atoms with van der Waals surface area (Å²) in [6.07, 6.45) is 0.792. The highest BCUT2D eigenvalue weighted by atomic mass is 35.5. The minimum absolute atomic E-state index is 0.110. The summed E-state index contributed by atoms with van der Waals surface area (Å²) in [6, 6.07) is 12.0. The molecular formula is C15H14ClNO3. The van der Waals surface area contributed by atoms with E-state index in [0.717, 1.165) is 12.0 Å². The first-order valence-corrected chi connectivity index (χ1v) is 6.48. The molecule has 0 amide bonds. The third-order valence-electron chi connectivity index (χ3n) is 2.88. The molecule has 104 valence electrons. The largest absolute Gasteiger partial charge is 0.507 e. The molecule has 2 aromatic carbocycles. The summed E-state index contributed by atoms with van der Waals surface area (Å²) in [4.78, 5) is 10.9. The van der Waals surface area contributed by atoms with Crippen LogP contribution in [-0.2, 0) is 6.42 Å². The number of aromatic hydroxyl groups is 1. The minimum atomic E-state index is -1.15. The molecule has 0 radical (unpaired) electrons. The number of anilines is 1. The summed E-state index contributed by atoms with van der Waals surface area (Å²) in [6.45, 7) is 0.658. The Balaban J connectivity index is 1.96. The Morgan fingerprint density at radius 2 is 1.85 bits per heavy atom. The number of phenols is 1. The lowest BCUT2D eigenvalue weighted by atomic mass is 10.1. The van der Waals surface area contributed by atoms with Crippen molar-refractivity contribution < 1.29 is 15.0 Å². The Morgan fingerprint density at radius 3 is 2.50 bits per heavy atom. The van der Waals surface area contributed by atoms with E-state index >= 15 is 0 Å². The summed E-state index contributed by atoms with van der Waals surface area (Å²) < 4.78 is 0. The molecule has 0 atom stereocenters. The zero-order chi connectivity index (χ0) is 14.5. The lowest BCUT2D eigenvalue weighted by Gasteiger charge is -2.08. The van der Waals surface area contributed by atoms with Crippen molar-refractivity contribution >= 4 is 23.3 Å². The van der Waals surface area contributed by atoms with Crippen molar-refractivity contribution in [3.63, 3.8) is 0 Å². The molecule has 0 aliphatic carbocycles. The molecule has 0 spiro atoms. The summed E-state index contributed by atoms with van der Waals surface area (Å²) in [7, 11) is 0. The van der Waals surface area contributed by atoms with Gasteiger partial charge in [-0.3, -0.25) is 0 Å². The zero-order valence-corrected chi connectivity index (χ0v) is 11.4. The Hall–Kier alpha value is -2.20. The standard InChI is InChI=1S/C15H14ClNO3/c16-11-3-1-10(2-4-11)7-8-17-12-5-6-14(18)13(9-12)15(19)20/h1-6,9,17-18H,7-8H2,(H,19,20). The molecule has 0 heterocycles. The van der Waals surface area contributed by atoms with E-state index in [4.69, 9.17) is 16.7 Å². The maximum atomic E-state index is 10.9. The van der Waals surface area contributed by atoms with Gasteiger partial charge in [0.05, 0.1) is 0 Å². The van der Waals surface area contributed by atoms with Crippen LogP contribution in [0.5, 0.6) is 5.75 Å². The first-order valence-electron chi connectivity index (χ1n) is 6.11. The Morgan fingerprint density at radius 1 is 1.15 bits per heavy atom. The van der Waals surface area contributed by atoms with Gasteiger partial charge in [0.2, 0.25) is 0 Å². The van der Waals surface area contributed by atoms with Crippen LogP contribution in [-0.4, -0.2) is 22.7 Å². The van der Waals surface area contributed by atoms with Crippen LogP contribution < -0.4 is 5.32 Å². The van der Waals surface area contributed by atoms with Gasteiger partial charge in [0, 0.05) is 17.3 Å². The van der Waals surface area contributed by atoms with Crippen molar-refractivity contribution in [3.8, 4) is 5.75 Å². The third kappa shape index (κ3) is 3.65. The molecule has 0 unspecified atom stereocenters. The van der Waals surface area contributed by atoms with E-state index in [9.17, 15) is 9.90 Å². The monoisotopic (exact) mass is 291 g/mol. The van der Waals surface area contributed by atoms with Crippen molar-refractivity contribution in [2.75, 3.05) is 11.9 Å². The van der Waals surface area contributed by atoms with E-state index in [2.05, 4.69) is 5.32 Å². The lowest BCUT2D eigenvalue weighted by Crippen LogP contribution is -2.06. The van der Waals surface area contributed by atoms with E-state index in [1.54, 1.807) is 6.07 Å². The zero-order valence-electron chi connectivity index (χ0n) is 10.6. The molecule has 0 aromatic heterocycles. The third-order valence-corrected chi connectivity index (χ3v) is 3.13. The second-order valence-corrected chi connectivity index (χ2v) is 4.78. The van der Waals surface area contributed by atoms with Crippen LogP contribution in [0.3, 0.4) is 0 Å². The van der Waals surface area contributed by atoms with E-state index in [1.807, 2.05) is 24.3 Å². The summed E-state index contributed by atoms with van der Waals surface area (Å²) in [5.41, 5.74) is 1.69. The molecule has 20 heavy (non-hydrogen) atoms. The summed E-state index contributed by atoms with van der Waals surface area (Å²) in [5, 5.41) is 22.2. The topological polar surface area (TPSA) is 69.6 Å². The van der Waals surface area contributed by atoms with Gasteiger partial charge in [0.15, 0.2) is 0 Å². The van der Waals surface area contributed by atoms with E-state index in [-0.39, 0.29) is 11.3 Å². The number of carboxylic acid groups (broad SMARTS) is 1. The van der Waals surface area contributed by atoms with Crippen molar-refractivity contribution in [2.45, 2.75) is 6.42 Å². The second-order valence-electron chi connectivity index (χ2n) is 4.34. The highest BCUT2D eigenvalue weighted by Gasteiger charge is 2.09. The van der Waals surface area contributed by atoms with Crippen LogP contribution in [0, 0.1) is 0 Å². The number of rotatable bonds is 5. The number of carboxylic acids is 1. The predicted molar refractivity (Wildman–Crippen MR) is 78.7 cm³/mol. The lowest BCUT2D eigenvalue weighted by molar-refractivity contribution is 0.0694. The fourth-order valence-electron chi connectivity index (χ4n) is 1.82. The number of aromatic carboxylic acids is 1. The quantitative estimate of drug-likeness (QED) is 0.739. The highest BCUT2D eigenvalue weighted by molar-refractivity contribution is 6.30. The second kappa shape index (κ2) is 6.30. The van der Waals surface area contributed by atoms with Gasteiger partial charge in [-0.25, -0.2) is 4.79 Å². The van der Waals surface area contributed by atoms with Gasteiger partial charge in [-0.2, -0.15) is 0 Å². The van der Waals surface area contributed by atoms with Crippen LogP contribution in [0.15, 0.2) is 42.5 Å². The Labute approximate surface area is 121 Å². The smallest absolute Gasteiger partial charge is 0.339 e. The SMILES string of the molecule is O=C(O)c1cc(NCCc2ccc(Cl)cc2)ccc1O. The molecule has 0 aliphatic heterocycles. The molecule has 4 nitrogen and oxygen atoms in total. The van der Waals surface area contributed by atoms with Crippen LogP contribution in [0.2, 0.25) is 5.02 Å². The minimum Gasteiger partial charge on any atom is -0.507 e. The number of nitrogens with one attached hydrogen (secondary N) is 1. The number of hydrogen-bond acceptors (Lipinski definition) is 3. The molecule has 3 N–H and O–H groups in total. The van der Waals surface area contributed by atoms with Crippen molar-refractivity contribution in [1.29, 1.82) is 0 Å². The van der Waals surface area contributed by atoms with Gasteiger partial charge < -0.3 is 15.5 Å². The van der Waals surface area contributed by atoms with Crippen molar-refractivity contribution in [3.05, 3.63) is 58.6 Å². The van der Waals surface area contributed by atoms with Gasteiger partial charge in [-0.1, -0.05) is 23.7 Å². The average Bonchev–Trinajstić information content (AvgIpc) is 2.42. The van der Waals surface area contributed by atoms with Gasteiger partial charge in [-0.05, 0) is 42.3 Å². The fourth-order valence-corrected chi connectivity index (χ4v) is 1.95. The number of halogens is 1. The van der Waals surface area contributed by atoms with Gasteiger partial charge in [0.1, 0.15) is 11.3 Å². The molecule has 0 fully saturated rings. The highest BCUT2D eigenvalue weighted by Crippen LogP contribution is 2.21. The van der Waals surface area contributed by atoms with Crippen molar-refractivity contribution in [1.82, 2.24) is 0 Å². The van der Waals surface area contributed by atoms with Crippen LogP contribution in [0.4, 0.5) is 5.69 Å². The average molecular weight is 292 g/mol. The number of carbonyl (C=O) groups is 1. The fraction of sp³-hybridized carbons (Fsp3) is 0.133. The van der Waals surface area contributed by atoms with Crippen molar-refractivity contribution in [2.24, 2.45) is 0 Å². The Kier molecular flexibility index (Phi) is 4.48. The first kappa shape index (κ1) is 14.2. The van der Waals surface area contributed by atoms with Crippen LogP contribution >= 0.6 is 11.6 Å². The first-order chi connectivity index (χ1) is 9.56. The molecule has 0 saturated carbocycles.